The van der Waals surface area contributed by atoms with Gasteiger partial charge in [-0.3, -0.25) is 10.1 Å². The number of esters is 1. The summed E-state index contributed by atoms with van der Waals surface area (Å²) in [4.78, 5) is 37.3. The highest BCUT2D eigenvalue weighted by molar-refractivity contribution is 5.96. The number of carbonyl (C=O) groups is 2. The lowest BCUT2D eigenvalue weighted by Gasteiger charge is -2.29. The Bertz CT molecular complexity index is 1170. The van der Waals surface area contributed by atoms with Crippen LogP contribution in [0, 0.1) is 0 Å². The fourth-order valence-corrected chi connectivity index (χ4v) is 4.85. The minimum Gasteiger partial charge on any atom is -0.453 e. The molecule has 0 radical (unpaired) electrons. The minimum atomic E-state index is -1.85. The molecular formula is C24H24N5O4+. The molecule has 1 amide bonds. The molecule has 3 aromatic rings. The topological polar surface area (TPSA) is 114 Å². The average molecular weight is 446 g/mol. The van der Waals surface area contributed by atoms with Crippen molar-refractivity contribution in [2.24, 2.45) is 0 Å². The van der Waals surface area contributed by atoms with E-state index in [2.05, 4.69) is 20.3 Å². The number of fused-ring (bicyclic) bond motifs is 3. The monoisotopic (exact) mass is 446 g/mol. The second kappa shape index (κ2) is 8.02. The smallest absolute Gasteiger partial charge is 0.348 e. The molecule has 2 atom stereocenters. The number of hydrogen-bond acceptors (Lipinski definition) is 7. The molecule has 2 heterocycles. The molecule has 1 aliphatic carbocycles. The molecule has 9 nitrogen and oxygen atoms in total. The highest BCUT2D eigenvalue weighted by Crippen LogP contribution is 2.48. The number of amides is 1. The second-order valence-corrected chi connectivity index (χ2v) is 8.81. The maximum atomic E-state index is 13.3. The third kappa shape index (κ3) is 3.75. The normalized spacial score (nSPS) is 22.3. The zero-order valence-electron chi connectivity index (χ0n) is 18.1. The Kier molecular flexibility index (Phi) is 5.15. The van der Waals surface area contributed by atoms with Crippen LogP contribution in [-0.2, 0) is 19.9 Å². The summed E-state index contributed by atoms with van der Waals surface area (Å²) in [6.45, 7) is 1.32. The maximum Gasteiger partial charge on any atom is 0.348 e. The van der Waals surface area contributed by atoms with E-state index < -0.39 is 17.7 Å². The average Bonchev–Trinajstić information content (AvgIpc) is 3.30. The van der Waals surface area contributed by atoms with Crippen LogP contribution in [0.5, 0.6) is 0 Å². The Labute approximate surface area is 190 Å². The summed E-state index contributed by atoms with van der Waals surface area (Å²) in [5.74, 6) is -0.717. The molecule has 9 heteroatoms. The first-order valence-corrected chi connectivity index (χ1v) is 10.8. The molecular weight excluding hydrogens is 422 g/mol. The number of rotatable bonds is 5. The summed E-state index contributed by atoms with van der Waals surface area (Å²) in [6, 6.07) is 14.7. The highest BCUT2D eigenvalue weighted by Gasteiger charge is 2.51. The Balaban J connectivity index is 1.29. The van der Waals surface area contributed by atoms with Crippen molar-refractivity contribution in [3.05, 3.63) is 72.3 Å². The number of aromatic nitrogens is 3. The van der Waals surface area contributed by atoms with Crippen molar-refractivity contribution in [3.8, 4) is 11.1 Å². The first-order chi connectivity index (χ1) is 15.9. The lowest BCUT2D eigenvalue weighted by atomic mass is 9.91. The SMILES string of the molecule is C[N@@+]1(CC(=O)Nc2ncncn2)CCC(OC(=O)C2(O)c3ccccc3-c3ccccc32)C1. The van der Waals surface area contributed by atoms with E-state index >= 15 is 0 Å². The third-order valence-corrected chi connectivity index (χ3v) is 6.40. The van der Waals surface area contributed by atoms with Gasteiger partial charge in [0.2, 0.25) is 11.5 Å². The van der Waals surface area contributed by atoms with Crippen LogP contribution in [-0.4, -0.2) is 69.2 Å². The molecule has 2 aromatic carbocycles. The van der Waals surface area contributed by atoms with Crippen molar-refractivity contribution in [1.29, 1.82) is 0 Å². The molecule has 168 valence electrons. The fourth-order valence-electron chi connectivity index (χ4n) is 4.85. The number of anilines is 1. The first-order valence-electron chi connectivity index (χ1n) is 10.8. The molecule has 0 saturated carbocycles. The molecule has 33 heavy (non-hydrogen) atoms. The van der Waals surface area contributed by atoms with E-state index in [1.807, 2.05) is 31.3 Å². The van der Waals surface area contributed by atoms with Gasteiger partial charge in [0.1, 0.15) is 19.2 Å². The van der Waals surface area contributed by atoms with Gasteiger partial charge in [-0.1, -0.05) is 48.5 Å². The molecule has 1 unspecified atom stereocenters. The van der Waals surface area contributed by atoms with Crippen LogP contribution in [0.4, 0.5) is 5.95 Å². The van der Waals surface area contributed by atoms with Crippen LogP contribution in [0.2, 0.25) is 0 Å². The summed E-state index contributed by atoms with van der Waals surface area (Å²) >= 11 is 0. The Hall–Kier alpha value is -3.69. The van der Waals surface area contributed by atoms with Gasteiger partial charge in [0, 0.05) is 17.5 Å². The van der Waals surface area contributed by atoms with E-state index in [4.69, 9.17) is 4.74 Å². The molecule has 2 aliphatic rings. The standard InChI is InChI=1S/C24H23N5O4/c1-29(13-21(30)28-23-26-14-25-15-27-23)11-10-16(12-29)33-22(31)24(32)19-8-4-2-6-17(19)18-7-3-5-9-20(18)24/h2-9,14-16,32H,10-13H2,1H3/p+1/t16?,29-/m1/s1. The summed E-state index contributed by atoms with van der Waals surface area (Å²) < 4.78 is 6.24. The van der Waals surface area contributed by atoms with E-state index in [0.717, 1.165) is 11.1 Å². The van der Waals surface area contributed by atoms with E-state index in [-0.39, 0.29) is 18.4 Å². The van der Waals surface area contributed by atoms with Crippen LogP contribution < -0.4 is 5.32 Å². The molecule has 5 rings (SSSR count). The van der Waals surface area contributed by atoms with Crippen LogP contribution >= 0.6 is 0 Å². The van der Waals surface area contributed by atoms with E-state index in [9.17, 15) is 14.7 Å². The number of carbonyl (C=O) groups excluding carboxylic acids is 2. The number of nitrogens with one attached hydrogen (secondary N) is 1. The molecule has 0 spiro atoms. The minimum absolute atomic E-state index is 0.190. The number of hydrogen-bond donors (Lipinski definition) is 2. The lowest BCUT2D eigenvalue weighted by Crippen LogP contribution is -2.48. The summed E-state index contributed by atoms with van der Waals surface area (Å²) in [6.07, 6.45) is 2.82. The summed E-state index contributed by atoms with van der Waals surface area (Å²) in [5, 5.41) is 14.3. The molecule has 1 aromatic heterocycles. The third-order valence-electron chi connectivity index (χ3n) is 6.40. The van der Waals surface area contributed by atoms with Gasteiger partial charge < -0.3 is 14.3 Å². The predicted octanol–water partition coefficient (Wildman–Crippen LogP) is 1.49. The lowest BCUT2D eigenvalue weighted by molar-refractivity contribution is -0.890. The van der Waals surface area contributed by atoms with Crippen LogP contribution in [0.25, 0.3) is 11.1 Å². The number of benzene rings is 2. The largest absolute Gasteiger partial charge is 0.453 e. The van der Waals surface area contributed by atoms with Crippen LogP contribution in [0.3, 0.4) is 0 Å². The second-order valence-electron chi connectivity index (χ2n) is 8.81. The van der Waals surface area contributed by atoms with Crippen LogP contribution in [0.1, 0.15) is 17.5 Å². The highest BCUT2D eigenvalue weighted by atomic mass is 16.6. The molecule has 0 bridgehead atoms. The Morgan fingerprint density at radius 1 is 1.09 bits per heavy atom. The number of aliphatic hydroxyl groups is 1. The maximum absolute atomic E-state index is 13.3. The Morgan fingerprint density at radius 3 is 2.33 bits per heavy atom. The Morgan fingerprint density at radius 2 is 1.70 bits per heavy atom. The number of quaternary nitrogens is 1. The van der Waals surface area contributed by atoms with Crippen molar-refractivity contribution in [2.75, 3.05) is 32.0 Å². The van der Waals surface area contributed by atoms with Gasteiger partial charge in [-0.05, 0) is 11.1 Å². The van der Waals surface area contributed by atoms with Crippen molar-refractivity contribution in [1.82, 2.24) is 15.0 Å². The van der Waals surface area contributed by atoms with E-state index in [1.165, 1.54) is 12.7 Å². The van der Waals surface area contributed by atoms with Crippen molar-refractivity contribution in [2.45, 2.75) is 18.1 Å². The number of ether oxygens (including phenoxy) is 1. The first kappa shape index (κ1) is 21.2. The predicted molar refractivity (Wildman–Crippen MR) is 119 cm³/mol. The fraction of sp³-hybridized carbons (Fsp3) is 0.292. The number of nitrogens with zero attached hydrogens (tertiary/aromatic N) is 4. The number of likely N-dealkylation sites (tertiary alicyclic amines) is 1. The van der Waals surface area contributed by atoms with Crippen molar-refractivity contribution in [3.63, 3.8) is 0 Å². The van der Waals surface area contributed by atoms with Gasteiger partial charge in [0.15, 0.2) is 12.6 Å². The number of likely N-dealkylation sites (N-methyl/N-ethyl adjacent to an activating group) is 1. The van der Waals surface area contributed by atoms with Gasteiger partial charge >= 0.3 is 5.97 Å². The molecule has 1 aliphatic heterocycles. The zero-order valence-corrected chi connectivity index (χ0v) is 18.1. The molecule has 2 N–H and O–H groups in total. The van der Waals surface area contributed by atoms with Crippen molar-refractivity contribution < 1.29 is 23.9 Å². The quantitative estimate of drug-likeness (QED) is 0.451. The zero-order chi connectivity index (χ0) is 23.1. The summed E-state index contributed by atoms with van der Waals surface area (Å²) in [5.41, 5.74) is 0.866. The van der Waals surface area contributed by atoms with Crippen LogP contribution in [0.15, 0.2) is 61.2 Å². The van der Waals surface area contributed by atoms with Gasteiger partial charge in [-0.25, -0.2) is 19.7 Å². The molecule has 1 fully saturated rings. The van der Waals surface area contributed by atoms with Gasteiger partial charge in [-0.15, -0.1) is 0 Å². The van der Waals surface area contributed by atoms with E-state index in [1.54, 1.807) is 24.3 Å². The van der Waals surface area contributed by atoms with Gasteiger partial charge in [0.05, 0.1) is 13.6 Å². The van der Waals surface area contributed by atoms with Gasteiger partial charge in [-0.2, -0.15) is 0 Å². The van der Waals surface area contributed by atoms with Crippen molar-refractivity contribution >= 4 is 17.8 Å². The van der Waals surface area contributed by atoms with Gasteiger partial charge in [0.25, 0.3) is 5.91 Å². The van der Waals surface area contributed by atoms with E-state index in [0.29, 0.717) is 35.1 Å². The summed E-state index contributed by atoms with van der Waals surface area (Å²) in [7, 11) is 1.94. The molecule has 1 saturated heterocycles.